The molecule has 1 atom stereocenters. The fourth-order valence-electron chi connectivity index (χ4n) is 2.75. The zero-order valence-electron chi connectivity index (χ0n) is 14.2. The van der Waals surface area contributed by atoms with Crippen molar-refractivity contribution < 1.29 is 18.0 Å². The van der Waals surface area contributed by atoms with Crippen molar-refractivity contribution in [1.29, 1.82) is 0 Å². The maximum Gasteiger partial charge on any atom is 0.416 e. The number of hydrogen-bond donors (Lipinski definition) is 3. The van der Waals surface area contributed by atoms with Gasteiger partial charge >= 0.3 is 6.18 Å². The van der Waals surface area contributed by atoms with Crippen molar-refractivity contribution in [2.24, 2.45) is 0 Å². The molecule has 0 spiro atoms. The van der Waals surface area contributed by atoms with Gasteiger partial charge in [0.25, 0.3) is 0 Å². The van der Waals surface area contributed by atoms with E-state index in [2.05, 4.69) is 20.6 Å². The van der Waals surface area contributed by atoms with Crippen LogP contribution in [0.15, 0.2) is 42.5 Å². The smallest absolute Gasteiger partial charge is 0.359 e. The SMILES string of the molecule is CNC(=O)C(CNc1nc2c(Cl)cccc2[nH]1)c1cccc(C(F)(F)F)c1. The number of H-pyrrole nitrogens is 1. The first kappa shape index (κ1) is 19.0. The molecule has 0 bridgehead atoms. The van der Waals surface area contributed by atoms with Gasteiger partial charge in [0.05, 0.1) is 22.0 Å². The van der Waals surface area contributed by atoms with E-state index in [9.17, 15) is 18.0 Å². The lowest BCUT2D eigenvalue weighted by Crippen LogP contribution is -2.31. The Morgan fingerprint density at radius 2 is 2.00 bits per heavy atom. The van der Waals surface area contributed by atoms with E-state index in [1.165, 1.54) is 19.2 Å². The number of aromatic nitrogens is 2. The van der Waals surface area contributed by atoms with E-state index in [4.69, 9.17) is 11.6 Å². The van der Waals surface area contributed by atoms with Gasteiger partial charge in [-0.25, -0.2) is 4.98 Å². The van der Waals surface area contributed by atoms with Crippen LogP contribution in [0, 0.1) is 0 Å². The molecule has 3 rings (SSSR count). The van der Waals surface area contributed by atoms with E-state index in [0.717, 1.165) is 12.1 Å². The first-order valence-corrected chi connectivity index (χ1v) is 8.44. The molecule has 0 fully saturated rings. The molecular weight excluding hydrogens is 381 g/mol. The number of anilines is 1. The number of likely N-dealkylation sites (N-methyl/N-ethyl adjacent to an activating group) is 1. The third-order valence-corrected chi connectivity index (χ3v) is 4.42. The second kappa shape index (κ2) is 7.48. The van der Waals surface area contributed by atoms with Crippen molar-refractivity contribution >= 4 is 34.5 Å². The Morgan fingerprint density at radius 1 is 1.26 bits per heavy atom. The molecule has 3 N–H and O–H groups in total. The number of alkyl halides is 3. The minimum absolute atomic E-state index is 0.0540. The number of aromatic amines is 1. The third-order valence-electron chi connectivity index (χ3n) is 4.12. The highest BCUT2D eigenvalue weighted by Gasteiger charge is 2.31. The Labute approximate surface area is 157 Å². The molecule has 0 saturated heterocycles. The molecular formula is C18H16ClF3N4O. The third kappa shape index (κ3) is 4.16. The van der Waals surface area contributed by atoms with Gasteiger partial charge in [-0.2, -0.15) is 13.2 Å². The highest BCUT2D eigenvalue weighted by molar-refractivity contribution is 6.34. The van der Waals surface area contributed by atoms with Gasteiger partial charge in [0, 0.05) is 13.6 Å². The van der Waals surface area contributed by atoms with Crippen LogP contribution in [0.1, 0.15) is 17.0 Å². The molecule has 3 aromatic rings. The molecule has 1 unspecified atom stereocenters. The van der Waals surface area contributed by atoms with E-state index in [1.54, 1.807) is 18.2 Å². The fourth-order valence-corrected chi connectivity index (χ4v) is 2.96. The second-order valence-corrected chi connectivity index (χ2v) is 6.30. The molecule has 1 amide bonds. The molecule has 142 valence electrons. The van der Waals surface area contributed by atoms with E-state index < -0.39 is 23.6 Å². The van der Waals surface area contributed by atoms with Crippen molar-refractivity contribution in [2.45, 2.75) is 12.1 Å². The summed E-state index contributed by atoms with van der Waals surface area (Å²) in [5.74, 6) is -0.865. The van der Waals surface area contributed by atoms with E-state index in [1.807, 2.05) is 0 Å². The Hall–Kier alpha value is -2.74. The standard InChI is InChI=1S/C18H16ClF3N4O/c1-23-16(27)12(10-4-2-5-11(8-10)18(20,21)22)9-24-17-25-14-7-3-6-13(19)15(14)26-17/h2-8,12H,9H2,1H3,(H,23,27)(H2,24,25,26). The number of nitrogens with one attached hydrogen (secondary N) is 3. The number of carbonyl (C=O) groups is 1. The molecule has 9 heteroatoms. The predicted octanol–water partition coefficient (Wildman–Crippen LogP) is 4.18. The first-order chi connectivity index (χ1) is 12.8. The first-order valence-electron chi connectivity index (χ1n) is 8.06. The lowest BCUT2D eigenvalue weighted by Gasteiger charge is -2.18. The molecule has 0 radical (unpaired) electrons. The lowest BCUT2D eigenvalue weighted by atomic mass is 9.96. The molecule has 5 nitrogen and oxygen atoms in total. The van der Waals surface area contributed by atoms with Crippen LogP contribution in [-0.2, 0) is 11.0 Å². The minimum Gasteiger partial charge on any atom is -0.359 e. The van der Waals surface area contributed by atoms with Crippen LogP contribution in [0.5, 0.6) is 0 Å². The van der Waals surface area contributed by atoms with Crippen LogP contribution in [-0.4, -0.2) is 29.5 Å². The number of hydrogen-bond acceptors (Lipinski definition) is 3. The fraction of sp³-hybridized carbons (Fsp3) is 0.222. The summed E-state index contributed by atoms with van der Waals surface area (Å²) in [4.78, 5) is 19.6. The van der Waals surface area contributed by atoms with Crippen LogP contribution in [0.2, 0.25) is 5.02 Å². The van der Waals surface area contributed by atoms with E-state index in [-0.39, 0.29) is 12.1 Å². The van der Waals surface area contributed by atoms with Crippen molar-refractivity contribution in [2.75, 3.05) is 18.9 Å². The Kier molecular flexibility index (Phi) is 5.27. The lowest BCUT2D eigenvalue weighted by molar-refractivity contribution is -0.137. The minimum atomic E-state index is -4.48. The summed E-state index contributed by atoms with van der Waals surface area (Å²) in [6.07, 6.45) is -4.48. The summed E-state index contributed by atoms with van der Waals surface area (Å²) in [5, 5.41) is 5.92. The van der Waals surface area contributed by atoms with Crippen molar-refractivity contribution in [3.05, 3.63) is 58.6 Å². The Balaban J connectivity index is 1.85. The van der Waals surface area contributed by atoms with Gasteiger partial charge in [-0.1, -0.05) is 35.9 Å². The predicted molar refractivity (Wildman–Crippen MR) is 97.8 cm³/mol. The molecule has 2 aromatic carbocycles. The number of nitrogens with zero attached hydrogens (tertiary/aromatic N) is 1. The highest BCUT2D eigenvalue weighted by atomic mass is 35.5. The maximum absolute atomic E-state index is 13.0. The summed E-state index contributed by atoms with van der Waals surface area (Å²) in [6, 6.07) is 9.99. The van der Waals surface area contributed by atoms with Gasteiger partial charge in [-0.05, 0) is 23.8 Å². The Bertz CT molecular complexity index is 971. The monoisotopic (exact) mass is 396 g/mol. The largest absolute Gasteiger partial charge is 0.416 e. The van der Waals surface area contributed by atoms with Gasteiger partial charge in [0.2, 0.25) is 11.9 Å². The van der Waals surface area contributed by atoms with Crippen molar-refractivity contribution in [1.82, 2.24) is 15.3 Å². The number of rotatable bonds is 5. The van der Waals surface area contributed by atoms with Crippen LogP contribution in [0.25, 0.3) is 11.0 Å². The number of imidazole rings is 1. The Morgan fingerprint density at radius 3 is 2.67 bits per heavy atom. The van der Waals surface area contributed by atoms with Crippen LogP contribution in [0.4, 0.5) is 19.1 Å². The average molecular weight is 397 g/mol. The molecule has 0 aliphatic carbocycles. The quantitative estimate of drug-likeness (QED) is 0.606. The molecule has 1 heterocycles. The molecule has 0 aliphatic heterocycles. The number of para-hydroxylation sites is 1. The molecule has 0 saturated carbocycles. The summed E-state index contributed by atoms with van der Waals surface area (Å²) in [5.41, 5.74) is 0.730. The van der Waals surface area contributed by atoms with Gasteiger partial charge < -0.3 is 15.6 Å². The van der Waals surface area contributed by atoms with Crippen LogP contribution in [0.3, 0.4) is 0 Å². The normalized spacial score (nSPS) is 12.8. The van der Waals surface area contributed by atoms with Gasteiger partial charge in [0.15, 0.2) is 0 Å². The summed E-state index contributed by atoms with van der Waals surface area (Å²) in [6.45, 7) is 0.0540. The van der Waals surface area contributed by atoms with Crippen molar-refractivity contribution in [3.8, 4) is 0 Å². The topological polar surface area (TPSA) is 69.8 Å². The zero-order valence-corrected chi connectivity index (χ0v) is 14.9. The number of amides is 1. The number of halogens is 4. The molecule has 0 aliphatic rings. The maximum atomic E-state index is 13.0. The van der Waals surface area contributed by atoms with Crippen LogP contribution < -0.4 is 10.6 Å². The number of carbonyl (C=O) groups excluding carboxylic acids is 1. The summed E-state index contributed by atoms with van der Waals surface area (Å²) >= 11 is 6.08. The van der Waals surface area contributed by atoms with Crippen LogP contribution >= 0.6 is 11.6 Å². The second-order valence-electron chi connectivity index (χ2n) is 5.89. The van der Waals surface area contributed by atoms with Crippen molar-refractivity contribution in [3.63, 3.8) is 0 Å². The van der Waals surface area contributed by atoms with E-state index >= 15 is 0 Å². The highest BCUT2D eigenvalue weighted by Crippen LogP contribution is 2.31. The summed E-state index contributed by atoms with van der Waals surface area (Å²) < 4.78 is 38.9. The number of benzene rings is 2. The van der Waals surface area contributed by atoms with Gasteiger partial charge in [-0.3, -0.25) is 4.79 Å². The number of fused-ring (bicyclic) bond motifs is 1. The summed E-state index contributed by atoms with van der Waals surface area (Å²) in [7, 11) is 1.43. The van der Waals surface area contributed by atoms with E-state index in [0.29, 0.717) is 22.0 Å². The molecule has 1 aromatic heterocycles. The van der Waals surface area contributed by atoms with Gasteiger partial charge in [0.1, 0.15) is 5.52 Å². The average Bonchev–Trinajstić information content (AvgIpc) is 3.05. The molecule has 27 heavy (non-hydrogen) atoms. The van der Waals surface area contributed by atoms with Gasteiger partial charge in [-0.15, -0.1) is 0 Å². The zero-order chi connectivity index (χ0) is 19.6.